The summed E-state index contributed by atoms with van der Waals surface area (Å²) in [5, 5.41) is 3.07. The lowest BCUT2D eigenvalue weighted by atomic mass is 10.1. The fraction of sp³-hybridized carbons (Fsp3) is 0.958. The van der Waals surface area contributed by atoms with Crippen LogP contribution in [0, 0.1) is 0 Å². The maximum absolute atomic E-state index is 12.4. The molecule has 0 fully saturated rings. The Hall–Kier alpha value is 0.0875. The van der Waals surface area contributed by atoms with Gasteiger partial charge in [-0.2, -0.15) is 8.42 Å². The number of nitrogens with zero attached hydrogens (tertiary/aromatic N) is 1. The third-order valence-corrected chi connectivity index (χ3v) is 18.3. The SMILES string of the molecule is C[N+](C)(CCCCCC(=O)NCCC[Si](O[Si](C)(C)C)(O[Si](C)(C)C)O[Si](C)(C)C)CCCCS(=O)(=O)O. The van der Waals surface area contributed by atoms with Gasteiger partial charge in [0.1, 0.15) is 0 Å². The van der Waals surface area contributed by atoms with Crippen molar-refractivity contribution in [2.24, 2.45) is 0 Å². The van der Waals surface area contributed by atoms with Crippen LogP contribution in [0.1, 0.15) is 44.9 Å². The minimum absolute atomic E-state index is 0.0829. The standard InChI is InChI=1S/C24H58N2O7SSi4/c1-26(2,21-15-16-22-34(28,29)30)20-14-12-13-18-24(27)25-19-17-23-38(31-35(3,4)5,32-36(6,7)8)33-37(9,10)11/h12-23H2,1-11H3,(H-,25,27,28,29,30)/p+1. The van der Waals surface area contributed by atoms with Gasteiger partial charge in [0.15, 0.2) is 25.0 Å². The minimum atomic E-state index is -3.87. The van der Waals surface area contributed by atoms with E-state index in [2.05, 4.69) is 78.3 Å². The Kier molecular flexibility index (Phi) is 16.0. The highest BCUT2D eigenvalue weighted by Crippen LogP contribution is 2.29. The molecule has 38 heavy (non-hydrogen) atoms. The fourth-order valence-electron chi connectivity index (χ4n) is 4.17. The summed E-state index contributed by atoms with van der Waals surface area (Å²) in [4.78, 5) is 12.4. The second-order valence-corrected chi connectivity index (χ2v) is 32.5. The molecule has 0 radical (unpaired) electrons. The van der Waals surface area contributed by atoms with Gasteiger partial charge in [-0.05, 0) is 97.4 Å². The van der Waals surface area contributed by atoms with Gasteiger partial charge in [0.2, 0.25) is 5.91 Å². The number of carbonyl (C=O) groups excluding carboxylic acids is 1. The number of hydrogen-bond donors (Lipinski definition) is 2. The molecule has 0 saturated heterocycles. The van der Waals surface area contributed by atoms with E-state index in [-0.39, 0.29) is 11.7 Å². The zero-order valence-electron chi connectivity index (χ0n) is 26.2. The summed E-state index contributed by atoms with van der Waals surface area (Å²) >= 11 is 0. The van der Waals surface area contributed by atoms with Crippen molar-refractivity contribution in [1.82, 2.24) is 5.32 Å². The van der Waals surface area contributed by atoms with Crippen molar-refractivity contribution >= 4 is 49.8 Å². The predicted molar refractivity (Wildman–Crippen MR) is 167 cm³/mol. The molecule has 1 amide bonds. The Labute approximate surface area is 238 Å². The highest BCUT2D eigenvalue weighted by atomic mass is 32.2. The van der Waals surface area contributed by atoms with Crippen molar-refractivity contribution in [2.45, 2.75) is 110 Å². The maximum atomic E-state index is 12.4. The Morgan fingerprint density at radius 2 is 1.18 bits per heavy atom. The molecule has 0 aliphatic heterocycles. The molecule has 0 spiro atoms. The van der Waals surface area contributed by atoms with Gasteiger partial charge in [-0.3, -0.25) is 9.35 Å². The van der Waals surface area contributed by atoms with Gasteiger partial charge in [0, 0.05) is 19.0 Å². The summed E-state index contributed by atoms with van der Waals surface area (Å²) in [5.41, 5.74) is 0. The molecule has 0 aromatic rings. The van der Waals surface area contributed by atoms with Crippen LogP contribution in [-0.4, -0.2) is 96.6 Å². The topological polar surface area (TPSA) is 111 Å². The Balaban J connectivity index is 4.54. The van der Waals surface area contributed by atoms with E-state index >= 15 is 0 Å². The van der Waals surface area contributed by atoms with Crippen molar-refractivity contribution in [1.29, 1.82) is 0 Å². The first kappa shape index (κ1) is 38.1. The monoisotopic (exact) mass is 631 g/mol. The average Bonchev–Trinajstić information content (AvgIpc) is 2.63. The highest BCUT2D eigenvalue weighted by Gasteiger charge is 2.49. The summed E-state index contributed by atoms with van der Waals surface area (Å²) in [5.74, 6) is -0.0904. The van der Waals surface area contributed by atoms with E-state index < -0.39 is 43.9 Å². The summed E-state index contributed by atoms with van der Waals surface area (Å²) in [7, 11) is -8.16. The number of quaternary nitrogens is 1. The summed E-state index contributed by atoms with van der Waals surface area (Å²) in [6, 6.07) is 0.726. The van der Waals surface area contributed by atoms with E-state index in [0.717, 1.165) is 55.7 Å². The molecule has 0 rings (SSSR count). The third kappa shape index (κ3) is 22.9. The van der Waals surface area contributed by atoms with Gasteiger partial charge in [-0.15, -0.1) is 0 Å². The Morgan fingerprint density at radius 3 is 1.61 bits per heavy atom. The van der Waals surface area contributed by atoms with Crippen LogP contribution < -0.4 is 5.32 Å². The van der Waals surface area contributed by atoms with Crippen LogP contribution in [0.15, 0.2) is 0 Å². The summed E-state index contributed by atoms with van der Waals surface area (Å²) in [6.45, 7) is 22.1. The van der Waals surface area contributed by atoms with Gasteiger partial charge in [0.05, 0.1) is 32.9 Å². The van der Waals surface area contributed by atoms with Crippen LogP contribution in [0.5, 0.6) is 0 Å². The van der Waals surface area contributed by atoms with Gasteiger partial charge in [0.25, 0.3) is 10.1 Å². The number of unbranched alkanes of at least 4 members (excludes halogenated alkanes) is 3. The number of carbonyl (C=O) groups is 1. The lowest BCUT2D eigenvalue weighted by molar-refractivity contribution is -0.890. The molecule has 2 N–H and O–H groups in total. The molecular formula is C24H59N2O7SSi4+. The quantitative estimate of drug-likeness (QED) is 0.0766. The Bertz CT molecular complexity index is 767. The molecular weight excluding hydrogens is 573 g/mol. The number of rotatable bonds is 21. The second kappa shape index (κ2) is 15.9. The lowest BCUT2D eigenvalue weighted by Crippen LogP contribution is -2.60. The second-order valence-electron chi connectivity index (χ2n) is 14.0. The maximum Gasteiger partial charge on any atom is 0.469 e. The fourth-order valence-corrected chi connectivity index (χ4v) is 19.4. The molecule has 0 aliphatic carbocycles. The van der Waals surface area contributed by atoms with Crippen molar-refractivity contribution in [3.63, 3.8) is 0 Å². The first-order valence-corrected chi connectivity index (χ1v) is 27.8. The van der Waals surface area contributed by atoms with Crippen molar-refractivity contribution in [3.05, 3.63) is 0 Å². The van der Waals surface area contributed by atoms with E-state index in [1.165, 1.54) is 0 Å². The van der Waals surface area contributed by atoms with Crippen molar-refractivity contribution < 1.29 is 34.6 Å². The molecule has 0 aromatic carbocycles. The molecule has 0 unspecified atom stereocenters. The van der Waals surface area contributed by atoms with Gasteiger partial charge >= 0.3 is 8.80 Å². The van der Waals surface area contributed by atoms with Gasteiger partial charge in [-0.25, -0.2) is 0 Å². The van der Waals surface area contributed by atoms with E-state index in [1.807, 2.05) is 0 Å². The highest BCUT2D eigenvalue weighted by molar-refractivity contribution is 7.85. The van der Waals surface area contributed by atoms with Crippen LogP contribution in [0.4, 0.5) is 0 Å². The first-order valence-electron chi connectivity index (χ1n) is 14.1. The van der Waals surface area contributed by atoms with Crippen molar-refractivity contribution in [2.75, 3.05) is 39.5 Å². The molecule has 0 atom stereocenters. The van der Waals surface area contributed by atoms with Crippen LogP contribution >= 0.6 is 0 Å². The van der Waals surface area contributed by atoms with Crippen LogP contribution in [0.3, 0.4) is 0 Å². The lowest BCUT2D eigenvalue weighted by Gasteiger charge is -2.43. The molecule has 9 nitrogen and oxygen atoms in total. The van der Waals surface area contributed by atoms with Crippen molar-refractivity contribution in [3.8, 4) is 0 Å². The van der Waals surface area contributed by atoms with E-state index in [1.54, 1.807) is 0 Å². The normalized spacial score (nSPS) is 14.1. The minimum Gasteiger partial charge on any atom is -0.417 e. The first-order chi connectivity index (χ1) is 16.9. The molecule has 0 heterocycles. The van der Waals surface area contributed by atoms with E-state index in [9.17, 15) is 13.2 Å². The molecule has 0 aromatic heterocycles. The smallest absolute Gasteiger partial charge is 0.417 e. The van der Waals surface area contributed by atoms with E-state index in [4.69, 9.17) is 16.9 Å². The summed E-state index contributed by atoms with van der Waals surface area (Å²) < 4.78 is 51.4. The number of amides is 1. The zero-order valence-corrected chi connectivity index (χ0v) is 31.1. The predicted octanol–water partition coefficient (Wildman–Crippen LogP) is 5.29. The van der Waals surface area contributed by atoms with Gasteiger partial charge in [-0.1, -0.05) is 0 Å². The average molecular weight is 632 g/mol. The van der Waals surface area contributed by atoms with E-state index in [0.29, 0.717) is 19.4 Å². The van der Waals surface area contributed by atoms with Crippen LogP contribution in [0.25, 0.3) is 0 Å². The molecule has 0 saturated carbocycles. The Morgan fingerprint density at radius 1 is 0.737 bits per heavy atom. The summed E-state index contributed by atoms with van der Waals surface area (Å²) in [6.07, 6.45) is 5.38. The number of hydrogen-bond acceptors (Lipinski definition) is 6. The third-order valence-electron chi connectivity index (χ3n) is 5.45. The molecule has 0 aliphatic rings. The van der Waals surface area contributed by atoms with Crippen LogP contribution in [-0.2, 0) is 27.3 Å². The molecule has 228 valence electrons. The van der Waals surface area contributed by atoms with Gasteiger partial charge < -0.3 is 22.1 Å². The number of nitrogens with one attached hydrogen (secondary N) is 1. The van der Waals surface area contributed by atoms with Crippen LogP contribution in [0.2, 0.25) is 65.0 Å². The molecule has 14 heteroatoms. The largest absolute Gasteiger partial charge is 0.469 e. The molecule has 0 bridgehead atoms. The zero-order chi connectivity index (χ0) is 29.9.